The Morgan fingerprint density at radius 2 is 2.08 bits per heavy atom. The van der Waals surface area contributed by atoms with E-state index in [0.29, 0.717) is 13.1 Å². The van der Waals surface area contributed by atoms with Crippen LogP contribution in [0.1, 0.15) is 12.8 Å². The van der Waals surface area contributed by atoms with Crippen molar-refractivity contribution in [3.63, 3.8) is 0 Å². The zero-order valence-corrected chi connectivity index (χ0v) is 8.78. The molecular weight excluding hydrogens is 271 g/mol. The van der Waals surface area contributed by atoms with Gasteiger partial charge in [0.15, 0.2) is 0 Å². The van der Waals surface area contributed by atoms with E-state index in [-0.39, 0.29) is 11.8 Å². The van der Waals surface area contributed by atoms with Gasteiger partial charge < -0.3 is 4.90 Å². The molecule has 0 aromatic rings. The van der Waals surface area contributed by atoms with Crippen LogP contribution in [0.3, 0.4) is 0 Å². The Morgan fingerprint density at radius 1 is 1.50 bits per heavy atom. The van der Waals surface area contributed by atoms with Gasteiger partial charge in [0, 0.05) is 19.0 Å². The van der Waals surface area contributed by atoms with Crippen molar-refractivity contribution in [2.24, 2.45) is 5.92 Å². The van der Waals surface area contributed by atoms with Gasteiger partial charge in [0.05, 0.1) is 22.9 Å². The molecule has 0 radical (unpaired) electrons. The molecule has 0 spiro atoms. The Balaban J connectivity index is 2.35. The molecule has 1 rings (SSSR count). The minimum absolute atomic E-state index is 0.0844. The minimum Gasteiger partial charge on any atom is -0.345 e. The summed E-state index contributed by atoms with van der Waals surface area (Å²) in [5.41, 5.74) is 0. The van der Waals surface area contributed by atoms with Crippen molar-refractivity contribution in [1.82, 2.24) is 8.43 Å². The average molecular weight is 282 g/mol. The fourth-order valence-electron chi connectivity index (χ4n) is 1.34. The van der Waals surface area contributed by atoms with Gasteiger partial charge in [0.1, 0.15) is 0 Å². The molecule has 1 N–H and O–H groups in total. The van der Waals surface area contributed by atoms with Gasteiger partial charge in [0.2, 0.25) is 12.3 Å². The number of rotatable bonds is 2. The number of carbonyl (C=O) groups is 2. The lowest BCUT2D eigenvalue weighted by Crippen LogP contribution is -2.37. The summed E-state index contributed by atoms with van der Waals surface area (Å²) in [4.78, 5) is 23.2. The van der Waals surface area contributed by atoms with Gasteiger partial charge in [-0.05, 0) is 12.8 Å². The standard InChI is InChI=1S/C7H11IN2O2/c8-9-7(12)6-1-3-10(5-11)4-2-6/h5-6H,1-4H2,(H,9,12). The van der Waals surface area contributed by atoms with Crippen LogP contribution >= 0.6 is 22.9 Å². The van der Waals surface area contributed by atoms with E-state index in [1.54, 1.807) is 4.90 Å². The second-order valence-corrected chi connectivity index (χ2v) is 3.41. The van der Waals surface area contributed by atoms with Crippen LogP contribution in [0.5, 0.6) is 0 Å². The molecule has 0 aromatic carbocycles. The van der Waals surface area contributed by atoms with Crippen LogP contribution in [0.2, 0.25) is 0 Å². The quantitative estimate of drug-likeness (QED) is 0.450. The Kier molecular flexibility index (Phi) is 3.77. The lowest BCUT2D eigenvalue weighted by molar-refractivity contribution is -0.127. The average Bonchev–Trinajstić information content (AvgIpc) is 2.17. The molecule has 68 valence electrons. The molecule has 1 aliphatic rings. The van der Waals surface area contributed by atoms with Gasteiger partial charge in [-0.15, -0.1) is 0 Å². The fourth-order valence-corrected chi connectivity index (χ4v) is 1.78. The van der Waals surface area contributed by atoms with Crippen molar-refractivity contribution in [2.45, 2.75) is 12.8 Å². The maximum atomic E-state index is 11.1. The first kappa shape index (κ1) is 9.76. The smallest absolute Gasteiger partial charge is 0.231 e. The van der Waals surface area contributed by atoms with Gasteiger partial charge in [-0.1, -0.05) is 0 Å². The summed E-state index contributed by atoms with van der Waals surface area (Å²) >= 11 is 1.85. The molecule has 1 fully saturated rings. The summed E-state index contributed by atoms with van der Waals surface area (Å²) < 4.78 is 2.59. The highest BCUT2D eigenvalue weighted by Gasteiger charge is 2.23. The van der Waals surface area contributed by atoms with E-state index in [0.717, 1.165) is 19.3 Å². The number of likely N-dealkylation sites (tertiary alicyclic amines) is 1. The molecule has 4 nitrogen and oxygen atoms in total. The summed E-state index contributed by atoms with van der Waals surface area (Å²) in [5, 5.41) is 0. The summed E-state index contributed by atoms with van der Waals surface area (Å²) in [6, 6.07) is 0. The Hall–Kier alpha value is -0.330. The number of carbonyl (C=O) groups excluding carboxylic acids is 2. The first-order chi connectivity index (χ1) is 5.77. The number of hydrogen-bond donors (Lipinski definition) is 1. The third kappa shape index (κ3) is 2.33. The van der Waals surface area contributed by atoms with Crippen LogP contribution in [-0.2, 0) is 9.59 Å². The predicted octanol–water partition coefficient (Wildman–Crippen LogP) is 0.321. The van der Waals surface area contributed by atoms with Crippen molar-refractivity contribution in [2.75, 3.05) is 13.1 Å². The van der Waals surface area contributed by atoms with E-state index < -0.39 is 0 Å². The van der Waals surface area contributed by atoms with E-state index in [1.165, 1.54) is 0 Å². The molecule has 1 saturated heterocycles. The molecule has 0 saturated carbocycles. The highest BCUT2D eigenvalue weighted by molar-refractivity contribution is 14.1. The third-order valence-corrected chi connectivity index (χ3v) is 2.67. The van der Waals surface area contributed by atoms with Gasteiger partial charge >= 0.3 is 0 Å². The number of piperidine rings is 1. The first-order valence-electron chi connectivity index (χ1n) is 3.87. The highest BCUT2D eigenvalue weighted by Crippen LogP contribution is 2.16. The molecule has 5 heteroatoms. The van der Waals surface area contributed by atoms with E-state index in [2.05, 4.69) is 3.53 Å². The molecule has 12 heavy (non-hydrogen) atoms. The lowest BCUT2D eigenvalue weighted by Gasteiger charge is -2.27. The Bertz CT molecular complexity index is 178. The zero-order chi connectivity index (χ0) is 8.97. The van der Waals surface area contributed by atoms with Crippen molar-refractivity contribution in [1.29, 1.82) is 0 Å². The summed E-state index contributed by atoms with van der Waals surface area (Å²) in [7, 11) is 0. The van der Waals surface area contributed by atoms with Crippen molar-refractivity contribution < 1.29 is 9.59 Å². The number of halogens is 1. The minimum atomic E-state index is 0.0844. The summed E-state index contributed by atoms with van der Waals surface area (Å²) in [6.45, 7) is 1.41. The van der Waals surface area contributed by atoms with Crippen LogP contribution in [0.15, 0.2) is 0 Å². The molecule has 0 bridgehead atoms. The predicted molar refractivity (Wildman–Crippen MR) is 52.5 cm³/mol. The molecule has 1 aliphatic heterocycles. The van der Waals surface area contributed by atoms with E-state index in [1.807, 2.05) is 22.9 Å². The molecular formula is C7H11IN2O2. The number of hydrogen-bond acceptors (Lipinski definition) is 2. The maximum Gasteiger partial charge on any atom is 0.231 e. The zero-order valence-electron chi connectivity index (χ0n) is 6.62. The lowest BCUT2D eigenvalue weighted by atomic mass is 9.97. The summed E-state index contributed by atoms with van der Waals surface area (Å²) in [5.74, 6) is 0.180. The van der Waals surface area contributed by atoms with Gasteiger partial charge in [-0.2, -0.15) is 0 Å². The van der Waals surface area contributed by atoms with Crippen molar-refractivity contribution >= 4 is 35.2 Å². The SMILES string of the molecule is O=CN1CCC(C(=O)NI)CC1. The molecule has 0 unspecified atom stereocenters. The van der Waals surface area contributed by atoms with Crippen molar-refractivity contribution in [3.8, 4) is 0 Å². The van der Waals surface area contributed by atoms with Crippen LogP contribution in [0.4, 0.5) is 0 Å². The third-order valence-electron chi connectivity index (χ3n) is 2.14. The first-order valence-corrected chi connectivity index (χ1v) is 4.95. The fraction of sp³-hybridized carbons (Fsp3) is 0.714. The van der Waals surface area contributed by atoms with Crippen LogP contribution in [0.25, 0.3) is 0 Å². The van der Waals surface area contributed by atoms with Crippen LogP contribution in [-0.4, -0.2) is 30.3 Å². The molecule has 0 aliphatic carbocycles. The molecule has 0 aromatic heterocycles. The van der Waals surface area contributed by atoms with Crippen LogP contribution < -0.4 is 3.53 Å². The number of nitrogens with one attached hydrogen (secondary N) is 1. The highest BCUT2D eigenvalue weighted by atomic mass is 127. The largest absolute Gasteiger partial charge is 0.345 e. The second-order valence-electron chi connectivity index (χ2n) is 2.87. The van der Waals surface area contributed by atoms with Gasteiger partial charge in [-0.25, -0.2) is 0 Å². The number of nitrogens with zero attached hydrogens (tertiary/aromatic N) is 1. The Labute approximate surface area is 85.2 Å². The monoisotopic (exact) mass is 282 g/mol. The molecule has 2 amide bonds. The second kappa shape index (κ2) is 4.64. The van der Waals surface area contributed by atoms with E-state index >= 15 is 0 Å². The summed E-state index contributed by atoms with van der Waals surface area (Å²) in [6.07, 6.45) is 2.42. The molecule has 0 atom stereocenters. The van der Waals surface area contributed by atoms with E-state index in [4.69, 9.17) is 0 Å². The van der Waals surface area contributed by atoms with Crippen LogP contribution in [0, 0.1) is 5.92 Å². The maximum absolute atomic E-state index is 11.1. The van der Waals surface area contributed by atoms with Gasteiger partial charge in [0.25, 0.3) is 0 Å². The van der Waals surface area contributed by atoms with E-state index in [9.17, 15) is 9.59 Å². The number of amides is 2. The topological polar surface area (TPSA) is 49.4 Å². The normalized spacial score (nSPS) is 18.9. The molecule has 1 heterocycles. The van der Waals surface area contributed by atoms with Gasteiger partial charge in [-0.3, -0.25) is 13.1 Å². The van der Waals surface area contributed by atoms with Crippen molar-refractivity contribution in [3.05, 3.63) is 0 Å². The Morgan fingerprint density at radius 3 is 2.50 bits per heavy atom.